The largest absolute Gasteiger partial charge is 0.490 e. The van der Waals surface area contributed by atoms with Gasteiger partial charge in [0, 0.05) is 18.5 Å². The summed E-state index contributed by atoms with van der Waals surface area (Å²) in [5.74, 6) is -2.43. The number of likely N-dealkylation sites (tertiary alicyclic amines) is 1. The second-order valence-corrected chi connectivity index (χ2v) is 9.16. The molecule has 9 heteroatoms. The standard InChI is InChI=1S/C21H21F2NO5S/c22-21(23)30(26,27)16-7-4-14(5-8-16)20(25)24-10-1-3-17(24)15-6-9-18-19(13-15)29-12-2-11-28-18/h4-9,13,17,21H,1-3,10-12H2/t17-/m1/s1. The van der Waals surface area contributed by atoms with Gasteiger partial charge in [-0.15, -0.1) is 0 Å². The van der Waals surface area contributed by atoms with Gasteiger partial charge in [0.05, 0.1) is 24.2 Å². The number of halogens is 2. The molecule has 0 saturated carbocycles. The van der Waals surface area contributed by atoms with Crippen molar-refractivity contribution in [2.75, 3.05) is 19.8 Å². The van der Waals surface area contributed by atoms with Crippen LogP contribution in [0.3, 0.4) is 0 Å². The summed E-state index contributed by atoms with van der Waals surface area (Å²) in [7, 11) is -4.69. The van der Waals surface area contributed by atoms with Crippen LogP contribution in [-0.4, -0.2) is 44.7 Å². The first-order valence-corrected chi connectivity index (χ1v) is 11.2. The smallest absolute Gasteiger partial charge is 0.341 e. The van der Waals surface area contributed by atoms with Crippen molar-refractivity contribution in [2.45, 2.75) is 36.0 Å². The minimum Gasteiger partial charge on any atom is -0.490 e. The van der Waals surface area contributed by atoms with Gasteiger partial charge in [0.2, 0.25) is 9.84 Å². The fraction of sp³-hybridized carbons (Fsp3) is 0.381. The second-order valence-electron chi connectivity index (χ2n) is 7.24. The van der Waals surface area contributed by atoms with Crippen LogP contribution in [0.1, 0.15) is 41.2 Å². The first-order valence-electron chi connectivity index (χ1n) is 9.70. The lowest BCUT2D eigenvalue weighted by molar-refractivity contribution is 0.0735. The fourth-order valence-electron chi connectivity index (χ4n) is 3.80. The Balaban J connectivity index is 1.56. The maximum Gasteiger partial charge on any atom is 0.341 e. The summed E-state index contributed by atoms with van der Waals surface area (Å²) >= 11 is 0. The molecule has 2 aromatic carbocycles. The van der Waals surface area contributed by atoms with Crippen LogP contribution in [0.2, 0.25) is 0 Å². The number of nitrogens with zero attached hydrogens (tertiary/aromatic N) is 1. The zero-order valence-electron chi connectivity index (χ0n) is 16.1. The van der Waals surface area contributed by atoms with Crippen molar-refractivity contribution in [1.29, 1.82) is 0 Å². The molecule has 0 aliphatic carbocycles. The number of carbonyl (C=O) groups is 1. The third-order valence-electron chi connectivity index (χ3n) is 5.33. The van der Waals surface area contributed by atoms with E-state index >= 15 is 0 Å². The quantitative estimate of drug-likeness (QED) is 0.727. The van der Waals surface area contributed by atoms with Crippen molar-refractivity contribution >= 4 is 15.7 Å². The van der Waals surface area contributed by atoms with Gasteiger partial charge in [0.15, 0.2) is 11.5 Å². The van der Waals surface area contributed by atoms with E-state index in [1.54, 1.807) is 4.90 Å². The van der Waals surface area contributed by atoms with Crippen molar-refractivity contribution in [3.63, 3.8) is 0 Å². The number of carbonyl (C=O) groups excluding carboxylic acids is 1. The van der Waals surface area contributed by atoms with Crippen molar-refractivity contribution in [3.8, 4) is 11.5 Å². The zero-order valence-corrected chi connectivity index (χ0v) is 16.9. The van der Waals surface area contributed by atoms with Crippen LogP contribution in [0.15, 0.2) is 47.4 Å². The number of hydrogen-bond donors (Lipinski definition) is 0. The molecule has 1 amide bonds. The molecule has 0 N–H and O–H groups in total. The Morgan fingerprint density at radius 1 is 1.00 bits per heavy atom. The Hall–Kier alpha value is -2.68. The second kappa shape index (κ2) is 8.22. The number of benzene rings is 2. The van der Waals surface area contributed by atoms with Crippen molar-refractivity contribution in [3.05, 3.63) is 53.6 Å². The van der Waals surface area contributed by atoms with Gasteiger partial charge in [-0.3, -0.25) is 4.79 Å². The number of fused-ring (bicyclic) bond motifs is 1. The molecule has 6 nitrogen and oxygen atoms in total. The minimum atomic E-state index is -4.69. The Labute approximate surface area is 173 Å². The topological polar surface area (TPSA) is 72.9 Å². The molecular weight excluding hydrogens is 416 g/mol. The molecule has 1 atom stereocenters. The Kier molecular flexibility index (Phi) is 5.64. The molecule has 1 fully saturated rings. The molecular formula is C21H21F2NO5S. The Bertz CT molecular complexity index is 1040. The summed E-state index contributed by atoms with van der Waals surface area (Å²) in [5, 5.41) is 0. The zero-order chi connectivity index (χ0) is 21.3. The predicted octanol–water partition coefficient (Wildman–Crippen LogP) is 3.82. The van der Waals surface area contributed by atoms with Gasteiger partial charge in [-0.05, 0) is 54.8 Å². The summed E-state index contributed by atoms with van der Waals surface area (Å²) in [6, 6.07) is 10.2. The molecule has 1 saturated heterocycles. The lowest BCUT2D eigenvalue weighted by Crippen LogP contribution is -2.30. The summed E-state index contributed by atoms with van der Waals surface area (Å²) in [6.07, 6.45) is 2.40. The summed E-state index contributed by atoms with van der Waals surface area (Å²) in [5.41, 5.74) is 1.19. The average Bonchev–Trinajstić information content (AvgIpc) is 3.11. The Morgan fingerprint density at radius 2 is 1.70 bits per heavy atom. The highest BCUT2D eigenvalue weighted by atomic mass is 32.2. The van der Waals surface area contributed by atoms with Crippen molar-refractivity contribution in [1.82, 2.24) is 4.90 Å². The maximum absolute atomic E-state index is 13.0. The van der Waals surface area contributed by atoms with E-state index in [4.69, 9.17) is 9.47 Å². The lowest BCUT2D eigenvalue weighted by Gasteiger charge is -2.26. The van der Waals surface area contributed by atoms with E-state index in [1.165, 1.54) is 12.1 Å². The van der Waals surface area contributed by atoms with Gasteiger partial charge in [0.1, 0.15) is 0 Å². The van der Waals surface area contributed by atoms with E-state index in [0.717, 1.165) is 37.0 Å². The average molecular weight is 437 g/mol. The molecule has 0 radical (unpaired) electrons. The highest BCUT2D eigenvalue weighted by Gasteiger charge is 2.32. The number of ether oxygens (including phenoxy) is 2. The van der Waals surface area contributed by atoms with E-state index in [2.05, 4.69) is 0 Å². The molecule has 2 aliphatic heterocycles. The molecule has 0 spiro atoms. The SMILES string of the molecule is O=C(c1ccc(S(=O)(=O)C(F)F)cc1)N1CCC[C@@H]1c1ccc2c(c1)OCCCO2. The van der Waals surface area contributed by atoms with Crippen molar-refractivity contribution in [2.24, 2.45) is 0 Å². The minimum absolute atomic E-state index is 0.154. The van der Waals surface area contributed by atoms with Crippen molar-refractivity contribution < 1.29 is 31.5 Å². The van der Waals surface area contributed by atoms with Crippen LogP contribution in [0.4, 0.5) is 8.78 Å². The molecule has 4 rings (SSSR count). The number of rotatable bonds is 4. The number of amides is 1. The van der Waals surface area contributed by atoms with Gasteiger partial charge in [-0.1, -0.05) is 6.07 Å². The number of hydrogen-bond acceptors (Lipinski definition) is 5. The molecule has 160 valence electrons. The molecule has 2 aromatic rings. The predicted molar refractivity (Wildman–Crippen MR) is 105 cm³/mol. The van der Waals surface area contributed by atoms with E-state index in [1.807, 2.05) is 18.2 Å². The van der Waals surface area contributed by atoms with E-state index < -0.39 is 20.5 Å². The number of sulfone groups is 1. The van der Waals surface area contributed by atoms with Crippen LogP contribution in [0.25, 0.3) is 0 Å². The van der Waals surface area contributed by atoms with Gasteiger partial charge in [0.25, 0.3) is 5.91 Å². The normalized spacial score (nSPS) is 19.0. The third-order valence-corrected chi connectivity index (χ3v) is 6.73. The first-order chi connectivity index (χ1) is 14.4. The van der Waals surface area contributed by atoms with E-state index in [0.29, 0.717) is 31.3 Å². The lowest BCUT2D eigenvalue weighted by atomic mass is 10.0. The van der Waals surface area contributed by atoms with Gasteiger partial charge >= 0.3 is 5.76 Å². The molecule has 0 aromatic heterocycles. The van der Waals surface area contributed by atoms with Crippen LogP contribution in [-0.2, 0) is 9.84 Å². The van der Waals surface area contributed by atoms with Gasteiger partial charge < -0.3 is 14.4 Å². The first kappa shape index (κ1) is 20.6. The van der Waals surface area contributed by atoms with E-state index in [-0.39, 0.29) is 17.5 Å². The molecule has 30 heavy (non-hydrogen) atoms. The fourth-order valence-corrected chi connectivity index (χ4v) is 4.52. The number of alkyl halides is 2. The van der Waals surface area contributed by atoms with Gasteiger partial charge in [-0.25, -0.2) is 8.42 Å². The van der Waals surface area contributed by atoms with Crippen LogP contribution in [0.5, 0.6) is 11.5 Å². The molecule has 0 bridgehead atoms. The summed E-state index contributed by atoms with van der Waals surface area (Å²) in [4.78, 5) is 14.3. The monoisotopic (exact) mass is 437 g/mol. The maximum atomic E-state index is 13.0. The highest BCUT2D eigenvalue weighted by molar-refractivity contribution is 7.91. The van der Waals surface area contributed by atoms with Crippen LogP contribution >= 0.6 is 0 Å². The Morgan fingerprint density at radius 3 is 2.40 bits per heavy atom. The highest BCUT2D eigenvalue weighted by Crippen LogP contribution is 2.38. The van der Waals surface area contributed by atoms with Crippen LogP contribution < -0.4 is 9.47 Å². The van der Waals surface area contributed by atoms with Crippen LogP contribution in [0, 0.1) is 0 Å². The molecule has 2 aliphatic rings. The van der Waals surface area contributed by atoms with E-state index in [9.17, 15) is 22.0 Å². The molecule has 2 heterocycles. The summed E-state index contributed by atoms with van der Waals surface area (Å²) < 4.78 is 60.0. The third kappa shape index (κ3) is 3.86. The summed E-state index contributed by atoms with van der Waals surface area (Å²) in [6.45, 7) is 1.71. The molecule has 0 unspecified atom stereocenters. The van der Waals surface area contributed by atoms with Gasteiger partial charge in [-0.2, -0.15) is 8.78 Å².